The number of aliphatic imine (C=N–C) groups is 1. The number of methoxy groups -OCH3 is 1. The third-order valence-corrected chi connectivity index (χ3v) is 5.51. The molecule has 1 aromatic carbocycles. The zero-order valence-corrected chi connectivity index (χ0v) is 21.4. The summed E-state index contributed by atoms with van der Waals surface area (Å²) in [6, 6.07) is 10.3. The Hall–Kier alpha value is -2.39. The molecule has 9 nitrogen and oxygen atoms in total. The highest BCUT2D eigenvalue weighted by Gasteiger charge is 2.22. The first kappa shape index (κ1) is 25.9. The molecule has 1 aliphatic rings. The molecule has 1 fully saturated rings. The first-order valence-electron chi connectivity index (χ1n) is 10.7. The number of nitrogens with one attached hydrogen (secondary N) is 2. The first-order valence-corrected chi connectivity index (χ1v) is 10.7. The molecule has 10 heteroatoms. The van der Waals surface area contributed by atoms with Gasteiger partial charge in [0.1, 0.15) is 18.4 Å². The summed E-state index contributed by atoms with van der Waals surface area (Å²) in [4.78, 5) is 7.04. The average Bonchev–Trinajstić information content (AvgIpc) is 3.12. The lowest BCUT2D eigenvalue weighted by Gasteiger charge is -2.35. The van der Waals surface area contributed by atoms with Gasteiger partial charge in [-0.1, -0.05) is 12.1 Å². The van der Waals surface area contributed by atoms with Crippen LogP contribution in [0.4, 0.5) is 5.69 Å². The smallest absolute Gasteiger partial charge is 0.191 e. The third kappa shape index (κ3) is 7.06. The normalized spacial score (nSPS) is 16.2. The van der Waals surface area contributed by atoms with Crippen LogP contribution in [0, 0.1) is 18.3 Å². The highest BCUT2D eigenvalue weighted by molar-refractivity contribution is 14.0. The van der Waals surface area contributed by atoms with Gasteiger partial charge in [-0.25, -0.2) is 4.99 Å². The van der Waals surface area contributed by atoms with Crippen LogP contribution >= 0.6 is 24.0 Å². The Morgan fingerprint density at radius 3 is 2.88 bits per heavy atom. The van der Waals surface area contributed by atoms with Crippen LogP contribution in [-0.2, 0) is 18.3 Å². The van der Waals surface area contributed by atoms with Gasteiger partial charge in [0.05, 0.1) is 11.3 Å². The number of hydrogen-bond acceptors (Lipinski definition) is 6. The van der Waals surface area contributed by atoms with Crippen molar-refractivity contribution in [2.75, 3.05) is 38.3 Å². The largest absolute Gasteiger partial charge is 0.385 e. The maximum absolute atomic E-state index is 9.46. The van der Waals surface area contributed by atoms with E-state index in [1.807, 2.05) is 42.8 Å². The SMILES string of the molecule is COCCCNC(=NCc1nnc(C)n1C)NC1CCCN(c2ccccc2C#N)C1.I. The van der Waals surface area contributed by atoms with E-state index >= 15 is 0 Å². The number of piperidine rings is 1. The molecular formula is C22H33IN8O. The van der Waals surface area contributed by atoms with Crippen molar-refractivity contribution in [3.8, 4) is 6.07 Å². The summed E-state index contributed by atoms with van der Waals surface area (Å²) in [6.07, 6.45) is 3.00. The number of hydrogen-bond donors (Lipinski definition) is 2. The van der Waals surface area contributed by atoms with Crippen LogP contribution in [0.25, 0.3) is 0 Å². The Bertz CT molecular complexity index is 923. The molecule has 1 aromatic heterocycles. The van der Waals surface area contributed by atoms with Gasteiger partial charge in [-0.2, -0.15) is 5.26 Å². The molecule has 1 atom stereocenters. The molecule has 0 radical (unpaired) electrons. The predicted molar refractivity (Wildman–Crippen MR) is 136 cm³/mol. The average molecular weight is 552 g/mol. The van der Waals surface area contributed by atoms with Gasteiger partial charge in [0.15, 0.2) is 11.8 Å². The summed E-state index contributed by atoms with van der Waals surface area (Å²) in [6.45, 7) is 5.61. The van der Waals surface area contributed by atoms with Crippen molar-refractivity contribution in [3.63, 3.8) is 0 Å². The van der Waals surface area contributed by atoms with Gasteiger partial charge in [-0.05, 0) is 38.3 Å². The van der Waals surface area contributed by atoms with Gasteiger partial charge in [-0.15, -0.1) is 34.2 Å². The Kier molecular flexibility index (Phi) is 10.7. The van der Waals surface area contributed by atoms with Crippen molar-refractivity contribution in [2.24, 2.45) is 12.0 Å². The van der Waals surface area contributed by atoms with Gasteiger partial charge in [-0.3, -0.25) is 0 Å². The number of benzene rings is 1. The molecule has 2 aromatic rings. The number of nitriles is 1. The molecule has 3 rings (SSSR count). The van der Waals surface area contributed by atoms with E-state index < -0.39 is 0 Å². The zero-order valence-electron chi connectivity index (χ0n) is 19.0. The van der Waals surface area contributed by atoms with Crippen LogP contribution in [0.2, 0.25) is 0 Å². The van der Waals surface area contributed by atoms with Gasteiger partial charge in [0, 0.05) is 46.4 Å². The van der Waals surface area contributed by atoms with Crippen LogP contribution in [0.5, 0.6) is 0 Å². The second-order valence-corrected chi connectivity index (χ2v) is 7.72. The molecule has 1 saturated heterocycles. The molecule has 1 aliphatic heterocycles. The van der Waals surface area contributed by atoms with Crippen LogP contribution < -0.4 is 15.5 Å². The second-order valence-electron chi connectivity index (χ2n) is 7.72. The molecule has 0 aliphatic carbocycles. The molecule has 0 bridgehead atoms. The topological polar surface area (TPSA) is 103 Å². The van der Waals surface area contributed by atoms with E-state index in [4.69, 9.17) is 9.73 Å². The maximum Gasteiger partial charge on any atom is 0.191 e. The number of anilines is 1. The van der Waals surface area contributed by atoms with E-state index in [9.17, 15) is 5.26 Å². The number of halogens is 1. The second kappa shape index (κ2) is 13.2. The van der Waals surface area contributed by atoms with Gasteiger partial charge >= 0.3 is 0 Å². The third-order valence-electron chi connectivity index (χ3n) is 5.51. The predicted octanol–water partition coefficient (Wildman–Crippen LogP) is 2.35. The molecule has 0 saturated carbocycles. The van der Waals surface area contributed by atoms with E-state index in [2.05, 4.69) is 31.8 Å². The minimum atomic E-state index is 0. The summed E-state index contributed by atoms with van der Waals surface area (Å²) in [5.41, 5.74) is 1.71. The fourth-order valence-corrected chi connectivity index (χ4v) is 3.67. The number of aryl methyl sites for hydroxylation is 1. The summed E-state index contributed by atoms with van der Waals surface area (Å²) in [5, 5.41) is 24.8. The molecule has 174 valence electrons. The molecule has 0 spiro atoms. The van der Waals surface area contributed by atoms with E-state index in [1.54, 1.807) is 7.11 Å². The van der Waals surface area contributed by atoms with Crippen molar-refractivity contribution < 1.29 is 4.74 Å². The number of rotatable bonds is 8. The maximum atomic E-state index is 9.46. The van der Waals surface area contributed by atoms with Gasteiger partial charge in [0.2, 0.25) is 0 Å². The fourth-order valence-electron chi connectivity index (χ4n) is 3.67. The van der Waals surface area contributed by atoms with Crippen molar-refractivity contribution in [1.29, 1.82) is 5.26 Å². The van der Waals surface area contributed by atoms with E-state index in [-0.39, 0.29) is 30.0 Å². The Morgan fingerprint density at radius 2 is 2.16 bits per heavy atom. The van der Waals surface area contributed by atoms with E-state index in [1.165, 1.54) is 0 Å². The number of nitrogens with zero attached hydrogens (tertiary/aromatic N) is 6. The Labute approximate surface area is 207 Å². The van der Waals surface area contributed by atoms with Gasteiger partial charge < -0.3 is 24.8 Å². The molecule has 0 amide bonds. The molecule has 2 heterocycles. The standard InChI is InChI=1S/C22H32N8O.HI/c1-17-27-28-21(29(17)2)15-25-22(24-11-7-13-31-3)26-19-9-6-12-30(16-19)20-10-5-4-8-18(20)14-23;/h4-5,8,10,19H,6-7,9,11-13,15-16H2,1-3H3,(H2,24,25,26);1H. The number of aromatic nitrogens is 3. The molecule has 1 unspecified atom stereocenters. The van der Waals surface area contributed by atoms with Crippen LogP contribution in [0.15, 0.2) is 29.3 Å². The van der Waals surface area contributed by atoms with Crippen molar-refractivity contribution >= 4 is 35.6 Å². The van der Waals surface area contributed by atoms with Crippen LogP contribution in [0.1, 0.15) is 36.5 Å². The fraction of sp³-hybridized carbons (Fsp3) is 0.545. The lowest BCUT2D eigenvalue weighted by molar-refractivity contribution is 0.195. The van der Waals surface area contributed by atoms with Crippen LogP contribution in [-0.4, -0.2) is 60.1 Å². The molecule has 32 heavy (non-hydrogen) atoms. The monoisotopic (exact) mass is 552 g/mol. The highest BCUT2D eigenvalue weighted by Crippen LogP contribution is 2.23. The van der Waals surface area contributed by atoms with Crippen molar-refractivity contribution in [2.45, 2.75) is 38.8 Å². The lowest BCUT2D eigenvalue weighted by Crippen LogP contribution is -2.51. The quantitative estimate of drug-likeness (QED) is 0.224. The van der Waals surface area contributed by atoms with Crippen LogP contribution in [0.3, 0.4) is 0 Å². The molecule has 2 N–H and O–H groups in total. The summed E-state index contributed by atoms with van der Waals surface area (Å²) < 4.78 is 7.10. The lowest BCUT2D eigenvalue weighted by atomic mass is 10.0. The number of ether oxygens (including phenoxy) is 1. The minimum Gasteiger partial charge on any atom is -0.385 e. The van der Waals surface area contributed by atoms with E-state index in [0.717, 1.165) is 62.2 Å². The number of guanidine groups is 1. The summed E-state index contributed by atoms with van der Waals surface area (Å²) in [5.74, 6) is 2.45. The Morgan fingerprint density at radius 1 is 1.34 bits per heavy atom. The van der Waals surface area contributed by atoms with Gasteiger partial charge in [0.25, 0.3) is 0 Å². The van der Waals surface area contributed by atoms with Crippen molar-refractivity contribution in [1.82, 2.24) is 25.4 Å². The molecular weight excluding hydrogens is 519 g/mol. The first-order chi connectivity index (χ1) is 15.1. The Balaban J connectivity index is 0.00000363. The van der Waals surface area contributed by atoms with E-state index in [0.29, 0.717) is 18.7 Å². The summed E-state index contributed by atoms with van der Waals surface area (Å²) in [7, 11) is 3.66. The van der Waals surface area contributed by atoms with Crippen molar-refractivity contribution in [3.05, 3.63) is 41.5 Å². The highest BCUT2D eigenvalue weighted by atomic mass is 127. The number of para-hydroxylation sites is 1. The minimum absolute atomic E-state index is 0. The zero-order chi connectivity index (χ0) is 22.1. The summed E-state index contributed by atoms with van der Waals surface area (Å²) >= 11 is 0.